The minimum Gasteiger partial charge on any atom is -0.495 e. The lowest BCUT2D eigenvalue weighted by Crippen LogP contribution is -1.94. The molecule has 3 aromatic carbocycles. The van der Waals surface area contributed by atoms with Crippen molar-refractivity contribution in [2.75, 3.05) is 12.4 Å². The molecule has 0 aliphatic rings. The smallest absolute Gasteiger partial charge is 0.142 e. The first-order chi connectivity index (χ1) is 12.1. The van der Waals surface area contributed by atoms with E-state index in [-0.39, 0.29) is 0 Å². The second-order valence-corrected chi connectivity index (χ2v) is 5.91. The van der Waals surface area contributed by atoms with E-state index < -0.39 is 0 Å². The second kappa shape index (κ2) is 7.62. The van der Waals surface area contributed by atoms with Gasteiger partial charge in [0.1, 0.15) is 5.75 Å². The standard InChI is InChI=1S/C21H21N3O/c1-15-4-7-18(8-5-15)23-24-19-11-9-17(10-12-19)22-20-13-6-16(2)14-21(20)25-3/h4-14,22H,1-3H3/b24-23-. The van der Waals surface area contributed by atoms with E-state index in [4.69, 9.17) is 4.74 Å². The first kappa shape index (κ1) is 16.7. The molecule has 4 heteroatoms. The lowest BCUT2D eigenvalue weighted by atomic mass is 10.2. The zero-order chi connectivity index (χ0) is 17.6. The number of hydrogen-bond donors (Lipinski definition) is 1. The summed E-state index contributed by atoms with van der Waals surface area (Å²) >= 11 is 0. The van der Waals surface area contributed by atoms with Gasteiger partial charge < -0.3 is 10.1 Å². The van der Waals surface area contributed by atoms with Crippen molar-refractivity contribution in [1.29, 1.82) is 0 Å². The lowest BCUT2D eigenvalue weighted by Gasteiger charge is -2.12. The lowest BCUT2D eigenvalue weighted by molar-refractivity contribution is 0.416. The summed E-state index contributed by atoms with van der Waals surface area (Å²) in [6, 6.07) is 21.8. The van der Waals surface area contributed by atoms with Crippen LogP contribution in [-0.4, -0.2) is 7.11 Å². The summed E-state index contributed by atoms with van der Waals surface area (Å²) in [5.41, 5.74) is 5.92. The number of azo groups is 1. The first-order valence-corrected chi connectivity index (χ1v) is 8.14. The molecule has 0 atom stereocenters. The summed E-state index contributed by atoms with van der Waals surface area (Å²) in [6.45, 7) is 4.09. The van der Waals surface area contributed by atoms with Gasteiger partial charge in [0, 0.05) is 5.69 Å². The van der Waals surface area contributed by atoms with Gasteiger partial charge in [-0.25, -0.2) is 0 Å². The van der Waals surface area contributed by atoms with Gasteiger partial charge >= 0.3 is 0 Å². The Hall–Kier alpha value is -3.14. The number of methoxy groups -OCH3 is 1. The van der Waals surface area contributed by atoms with E-state index in [1.165, 1.54) is 5.56 Å². The summed E-state index contributed by atoms with van der Waals surface area (Å²) in [5.74, 6) is 0.822. The van der Waals surface area contributed by atoms with Crippen LogP contribution in [0.25, 0.3) is 0 Å². The molecular weight excluding hydrogens is 310 g/mol. The van der Waals surface area contributed by atoms with Crippen molar-refractivity contribution in [3.8, 4) is 5.75 Å². The van der Waals surface area contributed by atoms with E-state index in [2.05, 4.69) is 28.5 Å². The maximum absolute atomic E-state index is 5.42. The summed E-state index contributed by atoms with van der Waals surface area (Å²) in [5, 5.41) is 11.9. The van der Waals surface area contributed by atoms with Crippen LogP contribution < -0.4 is 10.1 Å². The predicted octanol–water partition coefficient (Wildman–Crippen LogP) is 6.47. The molecule has 0 unspecified atom stereocenters. The highest BCUT2D eigenvalue weighted by Gasteiger charge is 2.03. The fourth-order valence-corrected chi connectivity index (χ4v) is 2.40. The Bertz CT molecular complexity index is 869. The van der Waals surface area contributed by atoms with Crippen LogP contribution in [-0.2, 0) is 0 Å². The molecule has 0 bridgehead atoms. The molecule has 0 radical (unpaired) electrons. The summed E-state index contributed by atoms with van der Waals surface area (Å²) < 4.78 is 5.42. The molecule has 3 aromatic rings. The van der Waals surface area contributed by atoms with E-state index in [0.717, 1.165) is 34.1 Å². The van der Waals surface area contributed by atoms with Gasteiger partial charge in [-0.15, -0.1) is 0 Å². The Balaban J connectivity index is 1.71. The van der Waals surface area contributed by atoms with E-state index >= 15 is 0 Å². The Morgan fingerprint density at radius 3 is 1.88 bits per heavy atom. The van der Waals surface area contributed by atoms with Gasteiger partial charge in [-0.3, -0.25) is 0 Å². The van der Waals surface area contributed by atoms with Gasteiger partial charge in [0.15, 0.2) is 0 Å². The number of rotatable bonds is 5. The van der Waals surface area contributed by atoms with E-state index in [1.807, 2.05) is 67.6 Å². The number of nitrogens with zero attached hydrogens (tertiary/aromatic N) is 2. The second-order valence-electron chi connectivity index (χ2n) is 5.91. The quantitative estimate of drug-likeness (QED) is 0.544. The third-order valence-electron chi connectivity index (χ3n) is 3.82. The predicted molar refractivity (Wildman–Crippen MR) is 103 cm³/mol. The summed E-state index contributed by atoms with van der Waals surface area (Å²) in [6.07, 6.45) is 0. The van der Waals surface area contributed by atoms with Crippen LogP contribution in [0.3, 0.4) is 0 Å². The molecule has 0 saturated carbocycles. The third-order valence-corrected chi connectivity index (χ3v) is 3.82. The van der Waals surface area contributed by atoms with Gasteiger partial charge in [0.05, 0.1) is 24.2 Å². The summed E-state index contributed by atoms with van der Waals surface area (Å²) in [4.78, 5) is 0. The van der Waals surface area contributed by atoms with Crippen molar-refractivity contribution in [3.05, 3.63) is 77.9 Å². The first-order valence-electron chi connectivity index (χ1n) is 8.14. The Kier molecular flexibility index (Phi) is 5.09. The zero-order valence-corrected chi connectivity index (χ0v) is 14.7. The van der Waals surface area contributed by atoms with E-state index in [1.54, 1.807) is 7.11 Å². The molecule has 0 aromatic heterocycles. The molecule has 0 spiro atoms. The molecule has 0 aliphatic carbocycles. The normalized spacial score (nSPS) is 10.8. The van der Waals surface area contributed by atoms with Crippen molar-refractivity contribution in [2.45, 2.75) is 13.8 Å². The number of ether oxygens (including phenoxy) is 1. The van der Waals surface area contributed by atoms with Crippen molar-refractivity contribution in [3.63, 3.8) is 0 Å². The van der Waals surface area contributed by atoms with E-state index in [0.29, 0.717) is 0 Å². The summed E-state index contributed by atoms with van der Waals surface area (Å²) in [7, 11) is 1.68. The molecule has 0 amide bonds. The van der Waals surface area contributed by atoms with Gasteiger partial charge in [0.25, 0.3) is 0 Å². The van der Waals surface area contributed by atoms with Crippen molar-refractivity contribution in [1.82, 2.24) is 0 Å². The van der Waals surface area contributed by atoms with Gasteiger partial charge in [-0.05, 0) is 67.9 Å². The van der Waals surface area contributed by atoms with Crippen LogP contribution in [0.1, 0.15) is 11.1 Å². The van der Waals surface area contributed by atoms with Gasteiger partial charge in [-0.2, -0.15) is 10.2 Å². The molecule has 0 saturated heterocycles. The number of nitrogens with one attached hydrogen (secondary N) is 1. The van der Waals surface area contributed by atoms with Crippen molar-refractivity contribution >= 4 is 22.7 Å². The van der Waals surface area contributed by atoms with Crippen molar-refractivity contribution in [2.24, 2.45) is 10.2 Å². The molecule has 4 nitrogen and oxygen atoms in total. The monoisotopic (exact) mass is 331 g/mol. The molecule has 25 heavy (non-hydrogen) atoms. The molecule has 3 rings (SSSR count). The molecule has 0 aliphatic heterocycles. The average molecular weight is 331 g/mol. The maximum atomic E-state index is 5.42. The van der Waals surface area contributed by atoms with E-state index in [9.17, 15) is 0 Å². The molecule has 0 fully saturated rings. The number of benzene rings is 3. The average Bonchev–Trinajstić information content (AvgIpc) is 2.64. The molecule has 1 N–H and O–H groups in total. The molecular formula is C21H21N3O. The SMILES string of the molecule is COc1cc(C)ccc1Nc1ccc(/N=N\c2ccc(C)cc2)cc1. The van der Waals surface area contributed by atoms with Crippen LogP contribution in [0.4, 0.5) is 22.7 Å². The van der Waals surface area contributed by atoms with Gasteiger partial charge in [0.2, 0.25) is 0 Å². The fraction of sp³-hybridized carbons (Fsp3) is 0.143. The fourth-order valence-electron chi connectivity index (χ4n) is 2.40. The van der Waals surface area contributed by atoms with Crippen LogP contribution in [0.2, 0.25) is 0 Å². The number of anilines is 2. The molecule has 0 heterocycles. The van der Waals surface area contributed by atoms with Gasteiger partial charge in [-0.1, -0.05) is 23.8 Å². The van der Waals surface area contributed by atoms with Crippen LogP contribution in [0, 0.1) is 13.8 Å². The number of hydrogen-bond acceptors (Lipinski definition) is 4. The van der Waals surface area contributed by atoms with Crippen LogP contribution in [0.5, 0.6) is 5.75 Å². The molecule has 126 valence electrons. The van der Waals surface area contributed by atoms with Crippen LogP contribution in [0.15, 0.2) is 77.0 Å². The Morgan fingerprint density at radius 2 is 1.28 bits per heavy atom. The topological polar surface area (TPSA) is 46.0 Å². The Labute approximate surface area is 148 Å². The highest BCUT2D eigenvalue weighted by molar-refractivity contribution is 5.67. The minimum absolute atomic E-state index is 0.807. The maximum Gasteiger partial charge on any atom is 0.142 e. The Morgan fingerprint density at radius 1 is 0.720 bits per heavy atom. The van der Waals surface area contributed by atoms with Crippen molar-refractivity contribution < 1.29 is 4.74 Å². The largest absolute Gasteiger partial charge is 0.495 e. The third kappa shape index (κ3) is 4.44. The van der Waals surface area contributed by atoms with Crippen LogP contribution >= 0.6 is 0 Å². The minimum atomic E-state index is 0.807. The zero-order valence-electron chi connectivity index (χ0n) is 14.7. The highest BCUT2D eigenvalue weighted by atomic mass is 16.5. The highest BCUT2D eigenvalue weighted by Crippen LogP contribution is 2.29. The number of aryl methyl sites for hydroxylation is 2.